The number of aromatic nitrogens is 7. The second kappa shape index (κ2) is 9.10. The summed E-state index contributed by atoms with van der Waals surface area (Å²) in [5, 5.41) is 24.6. The fraction of sp³-hybridized carbons (Fsp3) is 0.160. The monoisotopic (exact) mass is 500 g/mol. The molecule has 36 heavy (non-hydrogen) atoms. The third-order valence-corrected chi connectivity index (χ3v) is 6.59. The van der Waals surface area contributed by atoms with E-state index in [-0.39, 0.29) is 11.1 Å². The van der Waals surface area contributed by atoms with Gasteiger partial charge in [0.2, 0.25) is 0 Å². The van der Waals surface area contributed by atoms with Gasteiger partial charge in [-0.2, -0.15) is 16.4 Å². The lowest BCUT2D eigenvalue weighted by molar-refractivity contribution is 0.192. The largest absolute Gasteiger partial charge is 0.374 e. The first-order valence-corrected chi connectivity index (χ1v) is 12.4. The number of hydrogen-bond acceptors (Lipinski definition) is 8. The highest BCUT2D eigenvalue weighted by molar-refractivity contribution is 7.08. The molecule has 0 aliphatic carbocycles. The number of aromatic amines is 2. The number of hydrogen-bond donors (Lipinski definition) is 4. The van der Waals surface area contributed by atoms with Crippen LogP contribution in [0.2, 0.25) is 0 Å². The second-order valence-electron chi connectivity index (χ2n) is 8.37. The molecule has 0 fully saturated rings. The molecule has 180 valence electrons. The summed E-state index contributed by atoms with van der Waals surface area (Å²) in [4.78, 5) is 20.8. The highest BCUT2D eigenvalue weighted by Crippen LogP contribution is 2.34. The normalized spacial score (nSPS) is 12.4. The maximum absolute atomic E-state index is 15.9. The Bertz CT molecular complexity index is 1680. The molecule has 6 rings (SSSR count). The Labute approximate surface area is 208 Å². The lowest BCUT2D eigenvalue weighted by Crippen LogP contribution is -2.18. The summed E-state index contributed by atoms with van der Waals surface area (Å²) in [7, 11) is 0. The van der Waals surface area contributed by atoms with Gasteiger partial charge < -0.3 is 15.4 Å². The van der Waals surface area contributed by atoms with Crippen LogP contribution in [0, 0.1) is 5.82 Å². The summed E-state index contributed by atoms with van der Waals surface area (Å²) in [6, 6.07) is 3.72. The van der Waals surface area contributed by atoms with Crippen molar-refractivity contribution in [3.63, 3.8) is 0 Å². The number of aliphatic hydroxyl groups is 1. The Morgan fingerprint density at radius 2 is 1.97 bits per heavy atom. The quantitative estimate of drug-likeness (QED) is 0.217. The number of rotatable bonds is 7. The molecule has 9 nitrogen and oxygen atoms in total. The van der Waals surface area contributed by atoms with Crippen LogP contribution in [-0.2, 0) is 0 Å². The van der Waals surface area contributed by atoms with Crippen LogP contribution in [0.4, 0.5) is 10.1 Å². The fourth-order valence-electron chi connectivity index (χ4n) is 4.21. The molecule has 6 aromatic rings. The van der Waals surface area contributed by atoms with Crippen LogP contribution < -0.4 is 5.32 Å². The minimum atomic E-state index is -0.714. The van der Waals surface area contributed by atoms with Gasteiger partial charge in [0.1, 0.15) is 23.1 Å². The van der Waals surface area contributed by atoms with Crippen molar-refractivity contribution in [2.75, 3.05) is 5.32 Å². The lowest BCUT2D eigenvalue weighted by Gasteiger charge is -2.13. The Hall–Kier alpha value is -4.22. The van der Waals surface area contributed by atoms with E-state index < -0.39 is 12.0 Å². The van der Waals surface area contributed by atoms with Crippen molar-refractivity contribution in [1.82, 2.24) is 35.1 Å². The molecule has 0 radical (unpaired) electrons. The summed E-state index contributed by atoms with van der Waals surface area (Å²) in [6.07, 6.45) is 8.81. The van der Waals surface area contributed by atoms with Crippen molar-refractivity contribution in [3.8, 4) is 33.9 Å². The van der Waals surface area contributed by atoms with Crippen LogP contribution in [0.3, 0.4) is 0 Å². The van der Waals surface area contributed by atoms with Gasteiger partial charge in [0.25, 0.3) is 0 Å². The molecule has 1 unspecified atom stereocenters. The Kier molecular flexibility index (Phi) is 5.62. The predicted octanol–water partition coefficient (Wildman–Crippen LogP) is 5.36. The molecule has 11 heteroatoms. The van der Waals surface area contributed by atoms with Crippen LogP contribution in [0.5, 0.6) is 0 Å². The van der Waals surface area contributed by atoms with Gasteiger partial charge >= 0.3 is 0 Å². The fourth-order valence-corrected chi connectivity index (χ4v) is 4.86. The zero-order valence-electron chi connectivity index (χ0n) is 19.2. The summed E-state index contributed by atoms with van der Waals surface area (Å²) >= 11 is 1.59. The van der Waals surface area contributed by atoms with Crippen LogP contribution in [0.25, 0.3) is 55.8 Å². The van der Waals surface area contributed by atoms with Gasteiger partial charge in [-0.25, -0.2) is 9.37 Å². The van der Waals surface area contributed by atoms with E-state index in [0.717, 1.165) is 28.6 Å². The van der Waals surface area contributed by atoms with E-state index in [2.05, 4.69) is 35.5 Å². The molecule has 0 aliphatic rings. The molecule has 0 saturated heterocycles. The summed E-state index contributed by atoms with van der Waals surface area (Å²) in [6.45, 7) is 1.98. The minimum Gasteiger partial charge on any atom is -0.374 e. The van der Waals surface area contributed by atoms with E-state index in [1.165, 1.54) is 12.4 Å². The first-order valence-electron chi connectivity index (χ1n) is 11.4. The Balaban J connectivity index is 1.44. The number of nitrogens with zero attached hydrogens (tertiary/aromatic N) is 5. The number of fused-ring (bicyclic) bond motifs is 2. The lowest BCUT2D eigenvalue weighted by atomic mass is 10.1. The standard InChI is InChI=1S/C25H21FN8OS/c1-2-3-19(35)30-15-6-14(7-27-8-15)22-21(26)20-17(11-29-22)33-34-24(20)25-31-18-10-28-9-16(23(18)32-25)13-4-5-36-12-13/h4-12,19,30,35H,2-3H2,1H3,(H,31,32)(H,33,34). The number of halogens is 1. The van der Waals surface area contributed by atoms with Gasteiger partial charge in [0.05, 0.1) is 40.7 Å². The molecule has 0 spiro atoms. The van der Waals surface area contributed by atoms with Crippen molar-refractivity contribution in [2.24, 2.45) is 0 Å². The molecular formula is C25H21FN8OS. The smallest absolute Gasteiger partial charge is 0.161 e. The second-order valence-corrected chi connectivity index (χ2v) is 9.15. The van der Waals surface area contributed by atoms with Crippen LogP contribution in [0.15, 0.2) is 53.9 Å². The van der Waals surface area contributed by atoms with Crippen LogP contribution in [0.1, 0.15) is 19.8 Å². The molecule has 6 heterocycles. The number of anilines is 1. The molecule has 4 N–H and O–H groups in total. The molecule has 1 atom stereocenters. The average Bonchev–Trinajstić information content (AvgIpc) is 3.63. The highest BCUT2D eigenvalue weighted by Gasteiger charge is 2.21. The molecule has 6 aromatic heterocycles. The third kappa shape index (κ3) is 3.88. The van der Waals surface area contributed by atoms with E-state index in [0.29, 0.717) is 34.7 Å². The number of pyridine rings is 3. The topological polar surface area (TPSA) is 128 Å². The number of aliphatic hydroxyl groups excluding tert-OH is 1. The van der Waals surface area contributed by atoms with Crippen LogP contribution >= 0.6 is 11.3 Å². The highest BCUT2D eigenvalue weighted by atomic mass is 32.1. The summed E-state index contributed by atoms with van der Waals surface area (Å²) < 4.78 is 15.9. The van der Waals surface area contributed by atoms with E-state index in [1.807, 2.05) is 23.8 Å². The van der Waals surface area contributed by atoms with Gasteiger partial charge in [-0.15, -0.1) is 0 Å². The van der Waals surface area contributed by atoms with E-state index in [1.54, 1.807) is 36.0 Å². The first kappa shape index (κ1) is 22.3. The van der Waals surface area contributed by atoms with E-state index in [9.17, 15) is 5.11 Å². The van der Waals surface area contributed by atoms with E-state index >= 15 is 4.39 Å². The van der Waals surface area contributed by atoms with Crippen molar-refractivity contribution in [1.29, 1.82) is 0 Å². The third-order valence-electron chi connectivity index (χ3n) is 5.90. The molecule has 0 aliphatic heterocycles. The van der Waals surface area contributed by atoms with Gasteiger partial charge in [0, 0.05) is 23.5 Å². The van der Waals surface area contributed by atoms with Gasteiger partial charge in [-0.05, 0) is 34.9 Å². The Morgan fingerprint density at radius 3 is 2.81 bits per heavy atom. The molecule has 0 amide bonds. The van der Waals surface area contributed by atoms with Crippen molar-refractivity contribution < 1.29 is 9.50 Å². The molecule has 0 aromatic carbocycles. The predicted molar refractivity (Wildman–Crippen MR) is 138 cm³/mol. The zero-order valence-corrected chi connectivity index (χ0v) is 20.0. The average molecular weight is 501 g/mol. The summed E-state index contributed by atoms with van der Waals surface area (Å²) in [5.74, 6) is -0.117. The zero-order chi connectivity index (χ0) is 24.6. The number of H-pyrrole nitrogens is 2. The molecular weight excluding hydrogens is 479 g/mol. The Morgan fingerprint density at radius 1 is 1.08 bits per heavy atom. The SMILES string of the molecule is CCCC(O)Nc1cncc(-c2ncc3[nH]nc(-c4nc5c(-c6ccsc6)cncc5[nH]4)c3c2F)c1. The van der Waals surface area contributed by atoms with Gasteiger partial charge in [-0.3, -0.25) is 20.1 Å². The van der Waals surface area contributed by atoms with Crippen molar-refractivity contribution in [3.05, 3.63) is 59.7 Å². The van der Waals surface area contributed by atoms with E-state index in [4.69, 9.17) is 4.98 Å². The number of thiophene rings is 1. The van der Waals surface area contributed by atoms with Crippen LogP contribution in [-0.4, -0.2) is 46.5 Å². The van der Waals surface area contributed by atoms with Gasteiger partial charge in [-0.1, -0.05) is 13.3 Å². The number of nitrogens with one attached hydrogen (secondary N) is 3. The molecule has 0 saturated carbocycles. The van der Waals surface area contributed by atoms with Crippen molar-refractivity contribution in [2.45, 2.75) is 26.0 Å². The van der Waals surface area contributed by atoms with Gasteiger partial charge in [0.15, 0.2) is 11.6 Å². The summed E-state index contributed by atoms with van der Waals surface area (Å²) in [5.41, 5.74) is 5.35. The van der Waals surface area contributed by atoms with Crippen molar-refractivity contribution >= 4 is 39.0 Å². The first-order chi connectivity index (χ1) is 17.6. The maximum Gasteiger partial charge on any atom is 0.161 e. The minimum absolute atomic E-state index is 0.128. The number of imidazole rings is 1. The maximum atomic E-state index is 15.9. The molecule has 0 bridgehead atoms.